The van der Waals surface area contributed by atoms with Crippen molar-refractivity contribution < 1.29 is 9.53 Å². The second-order valence-corrected chi connectivity index (χ2v) is 7.43. The lowest BCUT2D eigenvalue weighted by Gasteiger charge is -2.14. The largest absolute Gasteiger partial charge is 0.462 e. The van der Waals surface area contributed by atoms with Gasteiger partial charge in [0, 0.05) is 29.3 Å². The van der Waals surface area contributed by atoms with Gasteiger partial charge in [-0.25, -0.2) is 4.79 Å². The number of ether oxygens (including phenoxy) is 1. The summed E-state index contributed by atoms with van der Waals surface area (Å²) in [5.74, 6) is -0.376. The molecule has 0 saturated carbocycles. The molecule has 0 radical (unpaired) electrons. The first-order valence-electron chi connectivity index (χ1n) is 8.85. The number of carbonyl (C=O) groups excluding carboxylic acids is 1. The van der Waals surface area contributed by atoms with E-state index in [0.29, 0.717) is 12.2 Å². The van der Waals surface area contributed by atoms with Crippen LogP contribution < -0.4 is 5.32 Å². The number of hydrogen-bond acceptors (Lipinski definition) is 6. The summed E-state index contributed by atoms with van der Waals surface area (Å²) in [6.07, 6.45) is 3.45. The summed E-state index contributed by atoms with van der Waals surface area (Å²) in [5, 5.41) is 4.39. The van der Waals surface area contributed by atoms with Crippen LogP contribution in [0.4, 0.5) is 5.69 Å². The molecular formula is C20H20N4O2S. The smallest absolute Gasteiger partial charge is 0.341 e. The second kappa shape index (κ2) is 7.00. The quantitative estimate of drug-likeness (QED) is 0.485. The van der Waals surface area contributed by atoms with Gasteiger partial charge in [0.1, 0.15) is 5.56 Å². The third-order valence-corrected chi connectivity index (χ3v) is 5.08. The lowest BCUT2D eigenvalue weighted by atomic mass is 10.1. The van der Waals surface area contributed by atoms with Crippen LogP contribution in [0.5, 0.6) is 0 Å². The minimum absolute atomic E-state index is 0.156. The Labute approximate surface area is 160 Å². The molecule has 4 rings (SSSR count). The van der Waals surface area contributed by atoms with E-state index in [9.17, 15) is 4.79 Å². The average molecular weight is 380 g/mol. The van der Waals surface area contributed by atoms with Gasteiger partial charge in [0.2, 0.25) is 0 Å². The highest BCUT2D eigenvalue weighted by Gasteiger charge is 2.20. The van der Waals surface area contributed by atoms with E-state index in [2.05, 4.69) is 38.5 Å². The van der Waals surface area contributed by atoms with Gasteiger partial charge in [-0.15, -0.1) is 11.3 Å². The number of carbonyl (C=O) groups is 1. The van der Waals surface area contributed by atoms with Crippen LogP contribution in [0.3, 0.4) is 0 Å². The fourth-order valence-corrected chi connectivity index (χ4v) is 3.76. The number of fused-ring (bicyclic) bond motifs is 3. The fraction of sp³-hybridized carbons (Fsp3) is 0.250. The number of rotatable bonds is 5. The molecule has 2 N–H and O–H groups in total. The molecule has 3 aromatic heterocycles. The maximum Gasteiger partial charge on any atom is 0.341 e. The summed E-state index contributed by atoms with van der Waals surface area (Å²) in [7, 11) is 0. The Bertz CT molecular complexity index is 1120. The van der Waals surface area contributed by atoms with E-state index in [1.54, 1.807) is 24.5 Å². The van der Waals surface area contributed by atoms with Crippen molar-refractivity contribution in [3.05, 3.63) is 41.7 Å². The topological polar surface area (TPSA) is 79.9 Å². The zero-order valence-electron chi connectivity index (χ0n) is 15.4. The van der Waals surface area contributed by atoms with Gasteiger partial charge in [-0.1, -0.05) is 6.07 Å². The monoisotopic (exact) mass is 380 g/mol. The molecule has 7 heteroatoms. The molecule has 138 valence electrons. The first-order valence-corrected chi connectivity index (χ1v) is 9.73. The molecule has 0 aliphatic rings. The number of aromatic nitrogens is 3. The Morgan fingerprint density at radius 2 is 2.19 bits per heavy atom. The molecule has 0 aliphatic carbocycles. The Balaban J connectivity index is 1.93. The zero-order valence-corrected chi connectivity index (χ0v) is 16.2. The van der Waals surface area contributed by atoms with Gasteiger partial charge in [-0.05, 0) is 38.5 Å². The number of hydrogen-bond donors (Lipinski definition) is 2. The molecule has 3 heterocycles. The summed E-state index contributed by atoms with van der Waals surface area (Å²) >= 11 is 1.60. The number of nitrogens with zero attached hydrogens (tertiary/aromatic N) is 2. The number of nitrogens with one attached hydrogen (secondary N) is 2. The van der Waals surface area contributed by atoms with Crippen LogP contribution in [-0.4, -0.2) is 33.6 Å². The number of esters is 1. The van der Waals surface area contributed by atoms with Crippen LogP contribution >= 0.6 is 11.3 Å². The van der Waals surface area contributed by atoms with Gasteiger partial charge >= 0.3 is 5.97 Å². The molecule has 6 nitrogen and oxygen atoms in total. The zero-order chi connectivity index (χ0) is 19.0. The molecule has 0 atom stereocenters. The molecule has 0 unspecified atom stereocenters. The van der Waals surface area contributed by atoms with Crippen molar-refractivity contribution in [1.29, 1.82) is 0 Å². The van der Waals surface area contributed by atoms with E-state index in [1.165, 1.54) is 0 Å². The summed E-state index contributed by atoms with van der Waals surface area (Å²) < 4.78 is 5.20. The molecule has 0 saturated heterocycles. The molecule has 1 aromatic carbocycles. The minimum atomic E-state index is -0.376. The molecule has 0 spiro atoms. The maximum atomic E-state index is 12.4. The molecule has 0 amide bonds. The Kier molecular flexibility index (Phi) is 4.53. The SMILES string of the molecule is CCOC(=O)c1cnc2c([nH]c3cc(-c4cncs4)ccc32)c1NC(C)C. The lowest BCUT2D eigenvalue weighted by Crippen LogP contribution is -2.15. The van der Waals surface area contributed by atoms with Crippen LogP contribution in [-0.2, 0) is 4.74 Å². The van der Waals surface area contributed by atoms with E-state index >= 15 is 0 Å². The van der Waals surface area contributed by atoms with Crippen molar-refractivity contribution >= 4 is 44.9 Å². The minimum Gasteiger partial charge on any atom is -0.462 e. The molecule has 4 aromatic rings. The highest BCUT2D eigenvalue weighted by Crippen LogP contribution is 2.34. The van der Waals surface area contributed by atoms with Crippen molar-refractivity contribution in [2.75, 3.05) is 11.9 Å². The summed E-state index contributed by atoms with van der Waals surface area (Å²) in [5.41, 5.74) is 6.69. The van der Waals surface area contributed by atoms with Crippen molar-refractivity contribution in [2.24, 2.45) is 0 Å². The third kappa shape index (κ3) is 3.14. The van der Waals surface area contributed by atoms with Crippen molar-refractivity contribution in [3.8, 4) is 10.4 Å². The number of pyridine rings is 1. The van der Waals surface area contributed by atoms with Crippen LogP contribution in [0, 0.1) is 0 Å². The van der Waals surface area contributed by atoms with E-state index in [1.807, 2.05) is 25.6 Å². The number of H-pyrrole nitrogens is 1. The highest BCUT2D eigenvalue weighted by atomic mass is 32.1. The van der Waals surface area contributed by atoms with E-state index < -0.39 is 0 Å². The van der Waals surface area contributed by atoms with Crippen molar-refractivity contribution in [2.45, 2.75) is 26.8 Å². The van der Waals surface area contributed by atoms with Gasteiger partial charge in [-0.2, -0.15) is 0 Å². The Morgan fingerprint density at radius 3 is 2.89 bits per heavy atom. The molecular weight excluding hydrogens is 360 g/mol. The third-order valence-electron chi connectivity index (χ3n) is 4.26. The number of thiazole rings is 1. The highest BCUT2D eigenvalue weighted by molar-refractivity contribution is 7.13. The standard InChI is InChI=1S/C20H20N4O2S/c1-4-26-20(25)14-8-22-17-13-6-5-12(16-9-21-10-27-16)7-15(13)24-19(17)18(14)23-11(2)3/h5-11,24H,4H2,1-3H3,(H,22,23). The van der Waals surface area contributed by atoms with E-state index in [-0.39, 0.29) is 12.0 Å². The predicted octanol–water partition coefficient (Wildman–Crippen LogP) is 4.84. The van der Waals surface area contributed by atoms with E-state index in [0.717, 1.165) is 38.1 Å². The number of anilines is 1. The molecule has 27 heavy (non-hydrogen) atoms. The van der Waals surface area contributed by atoms with Crippen molar-refractivity contribution in [3.63, 3.8) is 0 Å². The van der Waals surface area contributed by atoms with Crippen LogP contribution in [0.15, 0.2) is 36.1 Å². The molecule has 0 aliphatic heterocycles. The summed E-state index contributed by atoms with van der Waals surface area (Å²) in [6.45, 7) is 6.18. The molecule has 0 bridgehead atoms. The Morgan fingerprint density at radius 1 is 1.33 bits per heavy atom. The second-order valence-electron chi connectivity index (χ2n) is 6.54. The van der Waals surface area contributed by atoms with Gasteiger partial charge < -0.3 is 15.0 Å². The number of benzene rings is 1. The predicted molar refractivity (Wildman–Crippen MR) is 109 cm³/mol. The van der Waals surface area contributed by atoms with Gasteiger partial charge in [0.15, 0.2) is 0 Å². The van der Waals surface area contributed by atoms with E-state index in [4.69, 9.17) is 4.74 Å². The van der Waals surface area contributed by atoms with Gasteiger partial charge in [0.05, 0.1) is 33.7 Å². The number of aromatic amines is 1. The molecule has 0 fully saturated rings. The first kappa shape index (κ1) is 17.5. The van der Waals surface area contributed by atoms with Gasteiger partial charge in [-0.3, -0.25) is 9.97 Å². The summed E-state index contributed by atoms with van der Waals surface area (Å²) in [4.78, 5) is 25.6. The van der Waals surface area contributed by atoms with Crippen LogP contribution in [0.25, 0.3) is 32.4 Å². The Hall–Kier alpha value is -2.93. The fourth-order valence-electron chi connectivity index (χ4n) is 3.14. The lowest BCUT2D eigenvalue weighted by molar-refractivity contribution is 0.0527. The van der Waals surface area contributed by atoms with Crippen molar-refractivity contribution in [1.82, 2.24) is 15.0 Å². The average Bonchev–Trinajstić information content (AvgIpc) is 3.29. The van der Waals surface area contributed by atoms with Crippen LogP contribution in [0.2, 0.25) is 0 Å². The first-order chi connectivity index (χ1) is 13.1. The van der Waals surface area contributed by atoms with Gasteiger partial charge in [0.25, 0.3) is 0 Å². The maximum absolute atomic E-state index is 12.4. The summed E-state index contributed by atoms with van der Waals surface area (Å²) in [6, 6.07) is 6.37. The normalized spacial score (nSPS) is 11.4. The van der Waals surface area contributed by atoms with Crippen LogP contribution in [0.1, 0.15) is 31.1 Å².